The zero-order valence-corrected chi connectivity index (χ0v) is 24.4. The van der Waals surface area contributed by atoms with Gasteiger partial charge in [0, 0.05) is 6.23 Å². The molecule has 1 aliphatic heterocycles. The summed E-state index contributed by atoms with van der Waals surface area (Å²) in [6.45, 7) is 14.7. The van der Waals surface area contributed by atoms with Crippen LogP contribution in [0.15, 0.2) is 0 Å². The topological polar surface area (TPSA) is 31.0 Å². The lowest BCUT2D eigenvalue weighted by Crippen LogP contribution is -2.47. The van der Waals surface area contributed by atoms with Gasteiger partial charge in [-0.1, -0.05) is 38.4 Å². The van der Waals surface area contributed by atoms with E-state index in [9.17, 15) is 0 Å². The van der Waals surface area contributed by atoms with Crippen LogP contribution in [0, 0.1) is 23.7 Å². The van der Waals surface area contributed by atoms with Crippen molar-refractivity contribution in [1.82, 2.24) is 0 Å². The smallest absolute Gasteiger partial charge is 0.210 e. The van der Waals surface area contributed by atoms with E-state index in [1.165, 1.54) is 57.0 Å². The quantitative estimate of drug-likeness (QED) is 0.221. The molecule has 6 heteroatoms. The molecule has 4 rings (SSSR count). The summed E-state index contributed by atoms with van der Waals surface area (Å²) in [5, 5.41) is 0. The Hall–Kier alpha value is 0.531. The van der Waals surface area contributed by atoms with Gasteiger partial charge < -0.3 is 13.6 Å². The predicted molar refractivity (Wildman–Crippen MR) is 138 cm³/mol. The second kappa shape index (κ2) is 9.65. The van der Waals surface area contributed by atoms with Gasteiger partial charge in [0.1, 0.15) is 0 Å². The number of hydrogen-bond acceptors (Lipinski definition) is 3. The molecule has 3 saturated carbocycles. The number of epoxide rings is 1. The fourth-order valence-electron chi connectivity index (χ4n) is 6.05. The van der Waals surface area contributed by atoms with Gasteiger partial charge in [0.2, 0.25) is 8.32 Å². The van der Waals surface area contributed by atoms with E-state index >= 15 is 0 Å². The van der Waals surface area contributed by atoms with Crippen molar-refractivity contribution in [1.29, 1.82) is 0 Å². The van der Waals surface area contributed by atoms with Crippen LogP contribution in [-0.2, 0) is 13.6 Å². The minimum Gasteiger partial charge on any atom is -0.418 e. The summed E-state index contributed by atoms with van der Waals surface area (Å²) in [6, 6.07) is 2.75. The first-order chi connectivity index (χ1) is 14.5. The summed E-state index contributed by atoms with van der Waals surface area (Å²) in [5.74, 6) is 4.15. The standard InChI is InChI=1S/C25H50O3Si3/c1-29(2,13-11-20-7-9-22-17-23(22)15-20)18-26-31(5,6)19-27-30(3,4)14-12-21-8-10-24-25(16-21)28-24/h20-25H,7-19H2,1-6H3. The van der Waals surface area contributed by atoms with Gasteiger partial charge in [0.25, 0.3) is 0 Å². The Kier molecular flexibility index (Phi) is 7.67. The zero-order valence-electron chi connectivity index (χ0n) is 21.4. The largest absolute Gasteiger partial charge is 0.418 e. The molecule has 4 fully saturated rings. The molecule has 3 aliphatic carbocycles. The second-order valence-corrected chi connectivity index (χ2v) is 27.2. The molecule has 180 valence electrons. The van der Waals surface area contributed by atoms with Gasteiger partial charge in [-0.2, -0.15) is 0 Å². The fraction of sp³-hybridized carbons (Fsp3) is 1.00. The van der Waals surface area contributed by atoms with Gasteiger partial charge in [-0.25, -0.2) is 0 Å². The lowest BCUT2D eigenvalue weighted by molar-refractivity contribution is 0.293. The molecule has 0 aromatic heterocycles. The van der Waals surface area contributed by atoms with Crippen molar-refractivity contribution in [3.8, 4) is 0 Å². The van der Waals surface area contributed by atoms with Gasteiger partial charge in [0.15, 0.2) is 8.32 Å². The molecule has 1 saturated heterocycles. The molecule has 6 unspecified atom stereocenters. The van der Waals surface area contributed by atoms with Crippen LogP contribution in [0.4, 0.5) is 0 Å². The van der Waals surface area contributed by atoms with Gasteiger partial charge in [-0.3, -0.25) is 0 Å². The van der Waals surface area contributed by atoms with Crippen molar-refractivity contribution in [2.24, 2.45) is 23.7 Å². The van der Waals surface area contributed by atoms with Crippen molar-refractivity contribution in [3.63, 3.8) is 0 Å². The van der Waals surface area contributed by atoms with Gasteiger partial charge in [-0.15, -0.1) is 0 Å². The van der Waals surface area contributed by atoms with Crippen molar-refractivity contribution in [3.05, 3.63) is 0 Å². The van der Waals surface area contributed by atoms with E-state index in [0.29, 0.717) is 12.2 Å². The first kappa shape index (κ1) is 24.6. The molecule has 0 amide bonds. The maximum atomic E-state index is 6.65. The highest BCUT2D eigenvalue weighted by molar-refractivity contribution is 6.79. The summed E-state index contributed by atoms with van der Waals surface area (Å²) in [4.78, 5) is 0. The molecular formula is C25H50O3Si3. The number of fused-ring (bicyclic) bond motifs is 2. The van der Waals surface area contributed by atoms with Crippen molar-refractivity contribution in [2.45, 2.75) is 121 Å². The van der Waals surface area contributed by atoms with Gasteiger partial charge >= 0.3 is 0 Å². The molecule has 0 N–H and O–H groups in total. The summed E-state index contributed by atoms with van der Waals surface area (Å²) < 4.78 is 19.0. The van der Waals surface area contributed by atoms with Crippen LogP contribution in [0.25, 0.3) is 0 Å². The molecule has 0 radical (unpaired) electrons. The van der Waals surface area contributed by atoms with E-state index < -0.39 is 24.7 Å². The summed E-state index contributed by atoms with van der Waals surface area (Å²) >= 11 is 0. The van der Waals surface area contributed by atoms with Gasteiger partial charge in [-0.05, 0) is 94.4 Å². The first-order valence-electron chi connectivity index (χ1n) is 13.4. The Morgan fingerprint density at radius 3 is 2.06 bits per heavy atom. The third kappa shape index (κ3) is 7.78. The van der Waals surface area contributed by atoms with E-state index in [-0.39, 0.29) is 0 Å². The number of rotatable bonds is 12. The highest BCUT2D eigenvalue weighted by atomic mass is 28.4. The number of hydrogen-bond donors (Lipinski definition) is 0. The molecule has 0 bridgehead atoms. The molecule has 4 aliphatic rings. The lowest BCUT2D eigenvalue weighted by Gasteiger charge is -2.34. The first-order valence-corrected chi connectivity index (χ1v) is 23.1. The van der Waals surface area contributed by atoms with Crippen LogP contribution in [0.5, 0.6) is 0 Å². The molecular weight excluding hydrogens is 433 g/mol. The molecule has 0 aromatic carbocycles. The van der Waals surface area contributed by atoms with Crippen LogP contribution in [0.2, 0.25) is 51.4 Å². The Morgan fingerprint density at radius 2 is 1.32 bits per heavy atom. The average molecular weight is 483 g/mol. The molecule has 0 aromatic rings. The maximum absolute atomic E-state index is 6.65. The van der Waals surface area contributed by atoms with E-state index in [1.807, 2.05) is 0 Å². The van der Waals surface area contributed by atoms with E-state index in [2.05, 4.69) is 39.3 Å². The fourth-order valence-corrected chi connectivity index (χ4v) is 14.8. The van der Waals surface area contributed by atoms with Crippen molar-refractivity contribution in [2.75, 3.05) is 12.5 Å². The summed E-state index contributed by atoms with van der Waals surface area (Å²) in [5.41, 5.74) is 0. The lowest BCUT2D eigenvalue weighted by atomic mass is 9.87. The molecule has 6 atom stereocenters. The highest BCUT2D eigenvalue weighted by Crippen LogP contribution is 2.52. The van der Waals surface area contributed by atoms with Crippen LogP contribution < -0.4 is 0 Å². The van der Waals surface area contributed by atoms with Crippen LogP contribution in [0.1, 0.15) is 57.8 Å². The van der Waals surface area contributed by atoms with E-state index in [1.54, 1.807) is 12.8 Å². The average Bonchev–Trinajstić information content (AvgIpc) is 3.62. The van der Waals surface area contributed by atoms with Crippen molar-refractivity contribution < 1.29 is 13.6 Å². The predicted octanol–water partition coefficient (Wildman–Crippen LogP) is 7.00. The normalized spacial score (nSPS) is 35.4. The highest BCUT2D eigenvalue weighted by Gasteiger charge is 2.44. The number of ether oxygens (including phenoxy) is 1. The monoisotopic (exact) mass is 482 g/mol. The SMILES string of the molecule is C[Si](C)(CCC1CCC2CC2C1)CO[Si](C)(C)CO[Si](C)(C)CCC1CCC2OC2C1. The Labute approximate surface area is 195 Å². The Bertz CT molecular complexity index is 559. The second-order valence-electron chi connectivity index (χ2n) is 13.7. The Balaban J connectivity index is 1.12. The minimum absolute atomic E-state index is 0.612. The minimum atomic E-state index is -1.74. The Morgan fingerprint density at radius 1 is 0.645 bits per heavy atom. The zero-order chi connectivity index (χ0) is 22.3. The van der Waals surface area contributed by atoms with E-state index in [0.717, 1.165) is 36.1 Å². The third-order valence-electron chi connectivity index (χ3n) is 8.81. The van der Waals surface area contributed by atoms with Gasteiger partial charge in [0.05, 0.1) is 26.5 Å². The van der Waals surface area contributed by atoms with Crippen LogP contribution in [0.3, 0.4) is 0 Å². The maximum Gasteiger partial charge on any atom is 0.210 e. The summed E-state index contributed by atoms with van der Waals surface area (Å²) in [6.07, 6.45) is 16.1. The molecule has 31 heavy (non-hydrogen) atoms. The molecule has 1 heterocycles. The van der Waals surface area contributed by atoms with Crippen molar-refractivity contribution >= 4 is 24.7 Å². The third-order valence-corrected chi connectivity index (χ3v) is 16.1. The molecule has 3 nitrogen and oxygen atoms in total. The molecule has 0 spiro atoms. The van der Waals surface area contributed by atoms with E-state index in [4.69, 9.17) is 13.6 Å². The summed E-state index contributed by atoms with van der Waals surface area (Å²) in [7, 11) is -4.60. The van der Waals surface area contributed by atoms with Crippen LogP contribution >= 0.6 is 0 Å². The van der Waals surface area contributed by atoms with Crippen LogP contribution in [-0.4, -0.2) is 49.4 Å².